The molecule has 0 bridgehead atoms. The van der Waals surface area contributed by atoms with Crippen molar-refractivity contribution in [2.75, 3.05) is 33.4 Å². The van der Waals surface area contributed by atoms with Crippen molar-refractivity contribution < 1.29 is 14.3 Å². The fourth-order valence-electron chi connectivity index (χ4n) is 2.71. The zero-order valence-corrected chi connectivity index (χ0v) is 14.0. The topological polar surface area (TPSA) is 50.8 Å². The van der Waals surface area contributed by atoms with E-state index in [1.54, 1.807) is 12.0 Å². The van der Waals surface area contributed by atoms with Crippen LogP contribution in [0.2, 0.25) is 0 Å². The number of amides is 1. The number of carbonyl (C=O) groups excluding carboxylic acids is 1. The molecule has 1 aromatic carbocycles. The number of para-hydroxylation sites is 1. The molecule has 0 radical (unpaired) electrons. The highest BCUT2D eigenvalue weighted by Crippen LogP contribution is 2.18. The first-order valence-corrected chi connectivity index (χ1v) is 8.19. The number of nitrogens with zero attached hydrogens (tertiary/aromatic N) is 1. The molecule has 23 heavy (non-hydrogen) atoms. The Kier molecular flexibility index (Phi) is 6.94. The number of hydrogen-bond donors (Lipinski definition) is 1. The molecule has 0 aliphatic carbocycles. The largest absolute Gasteiger partial charge is 0.496 e. The van der Waals surface area contributed by atoms with Gasteiger partial charge in [-0.15, -0.1) is 0 Å². The molecule has 126 valence electrons. The van der Waals surface area contributed by atoms with Crippen molar-refractivity contribution in [1.29, 1.82) is 0 Å². The van der Waals surface area contributed by atoms with Crippen LogP contribution in [0.25, 0.3) is 6.08 Å². The van der Waals surface area contributed by atoms with Gasteiger partial charge in [0.25, 0.3) is 0 Å². The molecule has 2 rings (SSSR count). The summed E-state index contributed by atoms with van der Waals surface area (Å²) in [5.41, 5.74) is 1.08. The first kappa shape index (κ1) is 17.3. The molecule has 0 saturated carbocycles. The highest BCUT2D eigenvalue weighted by molar-refractivity contribution is 5.67. The molecule has 1 fully saturated rings. The summed E-state index contributed by atoms with van der Waals surface area (Å²) in [5, 5.41) is 3.51. The monoisotopic (exact) mass is 318 g/mol. The van der Waals surface area contributed by atoms with E-state index in [0.29, 0.717) is 12.6 Å². The molecule has 0 atom stereocenters. The molecule has 1 aliphatic rings. The number of nitrogens with one attached hydrogen (secondary N) is 1. The van der Waals surface area contributed by atoms with E-state index >= 15 is 0 Å². The van der Waals surface area contributed by atoms with Crippen LogP contribution in [0, 0.1) is 0 Å². The lowest BCUT2D eigenvalue weighted by molar-refractivity contribution is 0.0954. The number of piperidine rings is 1. The van der Waals surface area contributed by atoms with Gasteiger partial charge in [0.15, 0.2) is 0 Å². The highest BCUT2D eigenvalue weighted by Gasteiger charge is 2.22. The number of likely N-dealkylation sites (tertiary alicyclic amines) is 1. The third kappa shape index (κ3) is 5.28. The molecule has 1 saturated heterocycles. The number of hydrogen-bond acceptors (Lipinski definition) is 4. The molecule has 5 heteroatoms. The highest BCUT2D eigenvalue weighted by atomic mass is 16.6. The standard InChI is InChI=1S/C18H26N2O3/c1-3-23-18(21)20-13-10-16(11-14-20)19-12-6-8-15-7-4-5-9-17(15)22-2/h4-9,16,19H,3,10-14H2,1-2H3. The summed E-state index contributed by atoms with van der Waals surface area (Å²) in [7, 11) is 1.68. The lowest BCUT2D eigenvalue weighted by atomic mass is 10.1. The fourth-order valence-corrected chi connectivity index (χ4v) is 2.71. The summed E-state index contributed by atoms with van der Waals surface area (Å²) in [6, 6.07) is 8.40. The van der Waals surface area contributed by atoms with Crippen molar-refractivity contribution in [3.8, 4) is 5.75 Å². The zero-order valence-electron chi connectivity index (χ0n) is 14.0. The lowest BCUT2D eigenvalue weighted by Crippen LogP contribution is -2.45. The summed E-state index contributed by atoms with van der Waals surface area (Å²) >= 11 is 0. The molecular weight excluding hydrogens is 292 g/mol. The van der Waals surface area contributed by atoms with E-state index in [0.717, 1.165) is 43.8 Å². The van der Waals surface area contributed by atoms with Gasteiger partial charge in [-0.05, 0) is 25.8 Å². The van der Waals surface area contributed by atoms with Gasteiger partial charge in [0, 0.05) is 31.2 Å². The predicted octanol–water partition coefficient (Wildman–Crippen LogP) is 2.92. The quantitative estimate of drug-likeness (QED) is 0.876. The smallest absolute Gasteiger partial charge is 0.409 e. The van der Waals surface area contributed by atoms with Gasteiger partial charge in [-0.2, -0.15) is 0 Å². The summed E-state index contributed by atoms with van der Waals surface area (Å²) in [6.45, 7) is 4.59. The van der Waals surface area contributed by atoms with Crippen molar-refractivity contribution in [3.05, 3.63) is 35.9 Å². The fraction of sp³-hybridized carbons (Fsp3) is 0.500. The third-order valence-corrected chi connectivity index (χ3v) is 3.98. The Labute approximate surface area is 138 Å². The maximum Gasteiger partial charge on any atom is 0.409 e. The predicted molar refractivity (Wildman–Crippen MR) is 91.6 cm³/mol. The number of benzene rings is 1. The number of carbonyl (C=O) groups is 1. The van der Waals surface area contributed by atoms with Gasteiger partial charge >= 0.3 is 6.09 Å². The Morgan fingerprint density at radius 2 is 2.09 bits per heavy atom. The van der Waals surface area contributed by atoms with E-state index in [-0.39, 0.29) is 6.09 Å². The van der Waals surface area contributed by atoms with Crippen molar-refractivity contribution >= 4 is 12.2 Å². The SMILES string of the molecule is CCOC(=O)N1CCC(NCC=Cc2ccccc2OC)CC1. The maximum absolute atomic E-state index is 11.6. The number of methoxy groups -OCH3 is 1. The Balaban J connectivity index is 1.71. The van der Waals surface area contributed by atoms with E-state index in [4.69, 9.17) is 9.47 Å². The normalized spacial score (nSPS) is 15.8. The average molecular weight is 318 g/mol. The summed E-state index contributed by atoms with van der Waals surface area (Å²) < 4.78 is 10.4. The van der Waals surface area contributed by atoms with Gasteiger partial charge in [-0.3, -0.25) is 0 Å². The molecule has 5 nitrogen and oxygen atoms in total. The summed E-state index contributed by atoms with van der Waals surface area (Å²) in [5.74, 6) is 0.881. The van der Waals surface area contributed by atoms with E-state index in [1.807, 2.05) is 31.2 Å². The van der Waals surface area contributed by atoms with E-state index in [1.165, 1.54) is 0 Å². The molecule has 1 N–H and O–H groups in total. The minimum absolute atomic E-state index is 0.193. The Morgan fingerprint density at radius 3 is 2.78 bits per heavy atom. The molecule has 1 amide bonds. The number of ether oxygens (including phenoxy) is 2. The number of rotatable bonds is 6. The van der Waals surface area contributed by atoms with Gasteiger partial charge < -0.3 is 19.7 Å². The van der Waals surface area contributed by atoms with E-state index < -0.39 is 0 Å². The van der Waals surface area contributed by atoms with Gasteiger partial charge in [-0.25, -0.2) is 4.79 Å². The molecule has 1 heterocycles. The van der Waals surface area contributed by atoms with Crippen LogP contribution in [-0.2, 0) is 4.74 Å². The molecule has 1 aliphatic heterocycles. The molecule has 0 aromatic heterocycles. The first-order chi connectivity index (χ1) is 11.2. The third-order valence-electron chi connectivity index (χ3n) is 3.98. The van der Waals surface area contributed by atoms with Crippen molar-refractivity contribution in [1.82, 2.24) is 10.2 Å². The molecule has 1 aromatic rings. The molecule has 0 spiro atoms. The van der Waals surface area contributed by atoms with Crippen LogP contribution < -0.4 is 10.1 Å². The minimum atomic E-state index is -0.193. The van der Waals surface area contributed by atoms with Crippen LogP contribution in [-0.4, -0.2) is 50.4 Å². The second-order valence-corrected chi connectivity index (χ2v) is 5.51. The van der Waals surface area contributed by atoms with Gasteiger partial charge in [0.1, 0.15) is 5.75 Å². The van der Waals surface area contributed by atoms with Crippen LogP contribution in [0.1, 0.15) is 25.3 Å². The second kappa shape index (κ2) is 9.20. The Morgan fingerprint density at radius 1 is 1.35 bits per heavy atom. The average Bonchev–Trinajstić information content (AvgIpc) is 2.60. The van der Waals surface area contributed by atoms with Crippen molar-refractivity contribution in [2.45, 2.75) is 25.8 Å². The molecular formula is C18H26N2O3. The Hall–Kier alpha value is -2.01. The van der Waals surface area contributed by atoms with Gasteiger partial charge in [0.2, 0.25) is 0 Å². The van der Waals surface area contributed by atoms with Crippen molar-refractivity contribution in [3.63, 3.8) is 0 Å². The van der Waals surface area contributed by atoms with Crippen molar-refractivity contribution in [2.24, 2.45) is 0 Å². The zero-order chi connectivity index (χ0) is 16.5. The second-order valence-electron chi connectivity index (χ2n) is 5.51. The van der Waals surface area contributed by atoms with Crippen LogP contribution in [0.15, 0.2) is 30.3 Å². The minimum Gasteiger partial charge on any atom is -0.496 e. The summed E-state index contributed by atoms with van der Waals surface area (Å²) in [4.78, 5) is 13.4. The summed E-state index contributed by atoms with van der Waals surface area (Å²) in [6.07, 6.45) is 5.90. The van der Waals surface area contributed by atoms with E-state index in [9.17, 15) is 4.79 Å². The maximum atomic E-state index is 11.6. The molecule has 0 unspecified atom stereocenters. The van der Waals surface area contributed by atoms with Crippen LogP contribution in [0.5, 0.6) is 5.75 Å². The van der Waals surface area contributed by atoms with Crippen LogP contribution in [0.3, 0.4) is 0 Å². The first-order valence-electron chi connectivity index (χ1n) is 8.19. The van der Waals surface area contributed by atoms with Crippen LogP contribution in [0.4, 0.5) is 4.79 Å². The van der Waals surface area contributed by atoms with Gasteiger partial charge in [0.05, 0.1) is 13.7 Å². The van der Waals surface area contributed by atoms with E-state index in [2.05, 4.69) is 17.5 Å². The Bertz CT molecular complexity index is 523. The van der Waals surface area contributed by atoms with Gasteiger partial charge in [-0.1, -0.05) is 30.4 Å². The lowest BCUT2D eigenvalue weighted by Gasteiger charge is -2.31. The van der Waals surface area contributed by atoms with Crippen LogP contribution >= 0.6 is 0 Å².